The summed E-state index contributed by atoms with van der Waals surface area (Å²) in [7, 11) is 0. The van der Waals surface area contributed by atoms with E-state index in [0.29, 0.717) is 25.5 Å². The molecule has 0 saturated carbocycles. The minimum absolute atomic E-state index is 0.334. The maximum Gasteiger partial charge on any atom is 0.335 e. The van der Waals surface area contributed by atoms with Crippen LogP contribution in [-0.4, -0.2) is 31.2 Å². The molecule has 0 spiro atoms. The fraction of sp³-hybridized carbons (Fsp3) is 0.667. The van der Waals surface area contributed by atoms with Crippen LogP contribution in [0.25, 0.3) is 0 Å². The monoisotopic (exact) mass is 206 g/mol. The van der Waals surface area contributed by atoms with Gasteiger partial charge in [-0.05, 0) is 13.3 Å². The number of ether oxygens (including phenoxy) is 2. The van der Waals surface area contributed by atoms with Crippen molar-refractivity contribution in [3.8, 4) is 0 Å². The Morgan fingerprint density at radius 2 is 2.38 bits per heavy atom. The zero-order valence-electron chi connectivity index (χ0n) is 7.79. The van der Waals surface area contributed by atoms with Crippen LogP contribution in [-0.2, 0) is 14.3 Å². The zero-order chi connectivity index (χ0) is 10.1. The first-order valence-corrected chi connectivity index (χ1v) is 4.74. The van der Waals surface area contributed by atoms with Crippen molar-refractivity contribution in [2.75, 3.05) is 19.1 Å². The lowest BCUT2D eigenvalue weighted by Gasteiger charge is -2.13. The molecule has 1 atom stereocenters. The van der Waals surface area contributed by atoms with Crippen molar-refractivity contribution in [3.63, 3.8) is 0 Å². The Balaban J connectivity index is 3.90. The zero-order valence-corrected chi connectivity index (χ0v) is 8.55. The molecule has 76 valence electrons. The molecule has 0 aliphatic rings. The molecule has 1 unspecified atom stereocenters. The first-order chi connectivity index (χ1) is 6.26. The van der Waals surface area contributed by atoms with E-state index >= 15 is 0 Å². The third-order valence-electron chi connectivity index (χ3n) is 1.34. The summed E-state index contributed by atoms with van der Waals surface area (Å²) in [5, 5.41) is 0. The first-order valence-electron chi connectivity index (χ1n) is 4.21. The minimum atomic E-state index is -0.560. The SMILES string of the molecule is C=CCOC(CCCl)C(=O)OCC. The van der Waals surface area contributed by atoms with Crippen molar-refractivity contribution in [1.82, 2.24) is 0 Å². The standard InChI is InChI=1S/C9H15ClO3/c1-3-7-13-8(5-6-10)9(11)12-4-2/h3,8H,1,4-7H2,2H3. The van der Waals surface area contributed by atoms with Gasteiger partial charge in [0.1, 0.15) is 0 Å². The second-order valence-corrected chi connectivity index (χ2v) is 2.72. The van der Waals surface area contributed by atoms with Crippen molar-refractivity contribution in [2.45, 2.75) is 19.4 Å². The summed E-state index contributed by atoms with van der Waals surface area (Å²) in [6, 6.07) is 0. The molecule has 0 saturated heterocycles. The normalized spacial score (nSPS) is 12.2. The molecule has 0 aromatic heterocycles. The Hall–Kier alpha value is -0.540. The molecule has 4 heteroatoms. The van der Waals surface area contributed by atoms with E-state index in [0.717, 1.165) is 0 Å². The molecule has 0 aromatic carbocycles. The van der Waals surface area contributed by atoms with Crippen LogP contribution in [0.1, 0.15) is 13.3 Å². The highest BCUT2D eigenvalue weighted by molar-refractivity contribution is 6.18. The predicted molar refractivity (Wildman–Crippen MR) is 51.9 cm³/mol. The lowest BCUT2D eigenvalue weighted by atomic mass is 10.3. The highest BCUT2D eigenvalue weighted by Gasteiger charge is 2.18. The molecule has 13 heavy (non-hydrogen) atoms. The molecule has 0 aromatic rings. The average molecular weight is 207 g/mol. The van der Waals surface area contributed by atoms with Crippen LogP contribution in [0, 0.1) is 0 Å². The number of halogens is 1. The molecule has 0 fully saturated rings. The van der Waals surface area contributed by atoms with Crippen LogP contribution in [0.15, 0.2) is 12.7 Å². The summed E-state index contributed by atoms with van der Waals surface area (Å²) >= 11 is 5.51. The maximum atomic E-state index is 11.2. The van der Waals surface area contributed by atoms with Gasteiger partial charge in [-0.3, -0.25) is 0 Å². The van der Waals surface area contributed by atoms with Crippen LogP contribution >= 0.6 is 11.6 Å². The highest BCUT2D eigenvalue weighted by atomic mass is 35.5. The molecular weight excluding hydrogens is 192 g/mol. The highest BCUT2D eigenvalue weighted by Crippen LogP contribution is 2.03. The Morgan fingerprint density at radius 3 is 2.85 bits per heavy atom. The summed E-state index contributed by atoms with van der Waals surface area (Å²) in [5.41, 5.74) is 0. The van der Waals surface area contributed by atoms with Crippen LogP contribution in [0.2, 0.25) is 0 Å². The van der Waals surface area contributed by atoms with Gasteiger partial charge in [0.05, 0.1) is 13.2 Å². The maximum absolute atomic E-state index is 11.2. The quantitative estimate of drug-likeness (QED) is 0.362. The molecule has 0 amide bonds. The van der Waals surface area contributed by atoms with Gasteiger partial charge in [0.2, 0.25) is 0 Å². The van der Waals surface area contributed by atoms with Gasteiger partial charge in [-0.15, -0.1) is 18.2 Å². The smallest absolute Gasteiger partial charge is 0.335 e. The van der Waals surface area contributed by atoms with Gasteiger partial charge >= 0.3 is 5.97 Å². The van der Waals surface area contributed by atoms with Gasteiger partial charge in [0.25, 0.3) is 0 Å². The second kappa shape index (κ2) is 8.08. The van der Waals surface area contributed by atoms with Crippen LogP contribution in [0.4, 0.5) is 0 Å². The molecule has 0 N–H and O–H groups in total. The molecule has 0 radical (unpaired) electrons. The summed E-state index contributed by atoms with van der Waals surface area (Å²) < 4.78 is 9.97. The Kier molecular flexibility index (Phi) is 7.74. The Bertz CT molecular complexity index is 159. The molecule has 3 nitrogen and oxygen atoms in total. The molecule has 0 aliphatic heterocycles. The van der Waals surface area contributed by atoms with Gasteiger partial charge in [-0.1, -0.05) is 6.08 Å². The van der Waals surface area contributed by atoms with E-state index in [1.165, 1.54) is 0 Å². The lowest BCUT2D eigenvalue weighted by molar-refractivity contribution is -0.156. The van der Waals surface area contributed by atoms with Gasteiger partial charge in [-0.25, -0.2) is 4.79 Å². The van der Waals surface area contributed by atoms with Crippen LogP contribution in [0.5, 0.6) is 0 Å². The number of hydrogen-bond acceptors (Lipinski definition) is 3. The number of rotatable bonds is 7. The third kappa shape index (κ3) is 5.66. The summed E-state index contributed by atoms with van der Waals surface area (Å²) in [6.07, 6.45) is 1.49. The van der Waals surface area contributed by atoms with E-state index in [-0.39, 0.29) is 5.97 Å². The predicted octanol–water partition coefficient (Wildman–Crippen LogP) is 1.75. The van der Waals surface area contributed by atoms with Crippen LogP contribution in [0.3, 0.4) is 0 Å². The number of carbonyl (C=O) groups is 1. The van der Waals surface area contributed by atoms with Crippen LogP contribution < -0.4 is 0 Å². The van der Waals surface area contributed by atoms with E-state index in [9.17, 15) is 4.79 Å². The van der Waals surface area contributed by atoms with E-state index in [2.05, 4.69) is 6.58 Å². The third-order valence-corrected chi connectivity index (χ3v) is 1.55. The van der Waals surface area contributed by atoms with Gasteiger partial charge in [-0.2, -0.15) is 0 Å². The fourth-order valence-corrected chi connectivity index (χ4v) is 0.986. The largest absolute Gasteiger partial charge is 0.464 e. The van der Waals surface area contributed by atoms with E-state index in [1.54, 1.807) is 13.0 Å². The van der Waals surface area contributed by atoms with Gasteiger partial charge < -0.3 is 9.47 Å². The number of alkyl halides is 1. The van der Waals surface area contributed by atoms with Crippen molar-refractivity contribution < 1.29 is 14.3 Å². The Morgan fingerprint density at radius 1 is 1.69 bits per heavy atom. The summed E-state index contributed by atoms with van der Waals surface area (Å²) in [4.78, 5) is 11.2. The molecule has 0 bridgehead atoms. The molecule has 0 heterocycles. The Labute approximate surface area is 83.7 Å². The summed E-state index contributed by atoms with van der Waals surface area (Å²) in [6.45, 7) is 5.93. The van der Waals surface area contributed by atoms with Crippen molar-refractivity contribution in [2.24, 2.45) is 0 Å². The van der Waals surface area contributed by atoms with Gasteiger partial charge in [0, 0.05) is 5.88 Å². The van der Waals surface area contributed by atoms with Gasteiger partial charge in [0.15, 0.2) is 6.10 Å². The second-order valence-electron chi connectivity index (χ2n) is 2.34. The molecular formula is C9H15ClO3. The van der Waals surface area contributed by atoms with E-state index < -0.39 is 6.10 Å². The van der Waals surface area contributed by atoms with E-state index in [1.807, 2.05) is 0 Å². The minimum Gasteiger partial charge on any atom is -0.464 e. The molecule has 0 rings (SSSR count). The van der Waals surface area contributed by atoms with E-state index in [4.69, 9.17) is 21.1 Å². The number of esters is 1. The van der Waals surface area contributed by atoms with Crippen molar-refractivity contribution in [3.05, 3.63) is 12.7 Å². The average Bonchev–Trinajstić information content (AvgIpc) is 2.12. The fourth-order valence-electron chi connectivity index (χ4n) is 0.788. The first kappa shape index (κ1) is 12.5. The lowest BCUT2D eigenvalue weighted by Crippen LogP contribution is -2.27. The topological polar surface area (TPSA) is 35.5 Å². The van der Waals surface area contributed by atoms with Crippen molar-refractivity contribution >= 4 is 17.6 Å². The van der Waals surface area contributed by atoms with Crippen molar-refractivity contribution in [1.29, 1.82) is 0 Å². The molecule has 0 aliphatic carbocycles. The number of hydrogen-bond donors (Lipinski definition) is 0. The summed E-state index contributed by atoms with van der Waals surface area (Å²) in [5.74, 6) is 0.0191. The number of carbonyl (C=O) groups excluding carboxylic acids is 1.